The van der Waals surface area contributed by atoms with E-state index in [1.54, 1.807) is 6.07 Å². The van der Waals surface area contributed by atoms with Crippen LogP contribution in [0.2, 0.25) is 0 Å². The zero-order valence-electron chi connectivity index (χ0n) is 14.0. The molecule has 1 amide bonds. The minimum atomic E-state index is -0.243. The third-order valence-corrected chi connectivity index (χ3v) is 4.67. The van der Waals surface area contributed by atoms with Gasteiger partial charge in [0.15, 0.2) is 0 Å². The lowest BCUT2D eigenvalue weighted by Gasteiger charge is -2.32. The van der Waals surface area contributed by atoms with Gasteiger partial charge < -0.3 is 4.90 Å². The number of piperidine rings is 1. The molecular formula is C19H23N3O2. The number of nitrogens with zero attached hydrogens (tertiary/aromatic N) is 3. The first kappa shape index (κ1) is 16.4. The highest BCUT2D eigenvalue weighted by atomic mass is 16.2. The fraction of sp³-hybridized carbons (Fsp3) is 0.421. The summed E-state index contributed by atoms with van der Waals surface area (Å²) in [6.45, 7) is 3.74. The van der Waals surface area contributed by atoms with Crippen molar-refractivity contribution in [2.75, 3.05) is 13.1 Å². The summed E-state index contributed by atoms with van der Waals surface area (Å²) in [5.74, 6) is 0.552. The van der Waals surface area contributed by atoms with E-state index in [1.807, 2.05) is 35.2 Å². The summed E-state index contributed by atoms with van der Waals surface area (Å²) in [5, 5.41) is 4.37. The van der Waals surface area contributed by atoms with Crippen LogP contribution in [0.5, 0.6) is 0 Å². The predicted octanol–water partition coefficient (Wildman–Crippen LogP) is 2.56. The minimum absolute atomic E-state index is 0.00986. The van der Waals surface area contributed by atoms with E-state index in [1.165, 1.54) is 17.2 Å². The summed E-state index contributed by atoms with van der Waals surface area (Å²) >= 11 is 0. The van der Waals surface area contributed by atoms with Crippen molar-refractivity contribution in [3.8, 4) is 11.3 Å². The largest absolute Gasteiger partial charge is 0.341 e. The molecule has 0 radical (unpaired) electrons. The molecule has 0 aliphatic carbocycles. The van der Waals surface area contributed by atoms with Crippen LogP contribution in [0.1, 0.15) is 26.2 Å². The summed E-state index contributed by atoms with van der Waals surface area (Å²) in [6.07, 6.45) is 3.31. The van der Waals surface area contributed by atoms with Gasteiger partial charge in [-0.05, 0) is 24.8 Å². The second kappa shape index (κ2) is 7.43. The Balaban J connectivity index is 1.77. The third kappa shape index (κ3) is 3.72. The van der Waals surface area contributed by atoms with Gasteiger partial charge in [0.05, 0.1) is 5.69 Å². The number of carbonyl (C=O) groups excluding carboxylic acids is 1. The average Bonchev–Trinajstić information content (AvgIpc) is 2.64. The van der Waals surface area contributed by atoms with Crippen LogP contribution in [0.25, 0.3) is 11.3 Å². The maximum absolute atomic E-state index is 12.6. The highest BCUT2D eigenvalue weighted by molar-refractivity contribution is 5.76. The summed E-state index contributed by atoms with van der Waals surface area (Å²) in [5.41, 5.74) is 1.39. The van der Waals surface area contributed by atoms with Crippen molar-refractivity contribution in [2.24, 2.45) is 5.92 Å². The van der Waals surface area contributed by atoms with Crippen molar-refractivity contribution in [3.63, 3.8) is 0 Å². The monoisotopic (exact) mass is 325 g/mol. The Morgan fingerprint density at radius 3 is 2.75 bits per heavy atom. The number of hydrogen-bond donors (Lipinski definition) is 0. The number of benzene rings is 1. The van der Waals surface area contributed by atoms with Gasteiger partial charge in [0.1, 0.15) is 6.54 Å². The van der Waals surface area contributed by atoms with Gasteiger partial charge >= 0.3 is 0 Å². The third-order valence-electron chi connectivity index (χ3n) is 4.67. The number of hydrogen-bond acceptors (Lipinski definition) is 3. The lowest BCUT2D eigenvalue weighted by molar-refractivity contribution is -0.133. The first-order valence-corrected chi connectivity index (χ1v) is 8.58. The predicted molar refractivity (Wildman–Crippen MR) is 93.5 cm³/mol. The van der Waals surface area contributed by atoms with Gasteiger partial charge in [0.25, 0.3) is 5.56 Å². The van der Waals surface area contributed by atoms with Gasteiger partial charge in [-0.2, -0.15) is 5.10 Å². The molecule has 0 spiro atoms. The van der Waals surface area contributed by atoms with Crippen LogP contribution in [-0.4, -0.2) is 33.7 Å². The minimum Gasteiger partial charge on any atom is -0.341 e. The lowest BCUT2D eigenvalue weighted by atomic mass is 9.96. The number of likely N-dealkylation sites (tertiary alicyclic amines) is 1. The quantitative estimate of drug-likeness (QED) is 0.868. The van der Waals surface area contributed by atoms with Crippen LogP contribution < -0.4 is 5.56 Å². The van der Waals surface area contributed by atoms with Crippen LogP contribution in [0.4, 0.5) is 0 Å². The molecule has 0 saturated carbocycles. The van der Waals surface area contributed by atoms with Crippen LogP contribution in [0.3, 0.4) is 0 Å². The zero-order chi connectivity index (χ0) is 16.9. The molecule has 0 N–H and O–H groups in total. The van der Waals surface area contributed by atoms with Crippen molar-refractivity contribution in [1.82, 2.24) is 14.7 Å². The lowest BCUT2D eigenvalue weighted by Crippen LogP contribution is -2.43. The highest BCUT2D eigenvalue weighted by Gasteiger charge is 2.23. The van der Waals surface area contributed by atoms with E-state index in [2.05, 4.69) is 12.0 Å². The molecule has 1 aromatic heterocycles. The number of carbonyl (C=O) groups is 1. The van der Waals surface area contributed by atoms with Gasteiger partial charge in [-0.15, -0.1) is 0 Å². The molecular weight excluding hydrogens is 302 g/mol. The Labute approximate surface area is 141 Å². The van der Waals surface area contributed by atoms with Crippen molar-refractivity contribution < 1.29 is 4.79 Å². The summed E-state index contributed by atoms with van der Waals surface area (Å²) < 4.78 is 1.28. The van der Waals surface area contributed by atoms with E-state index in [9.17, 15) is 9.59 Å². The maximum atomic E-state index is 12.6. The standard InChI is InChI=1S/C19H23N3O2/c1-2-15-7-6-12-21(13-15)19(24)14-22-18(23)11-10-17(20-22)16-8-4-3-5-9-16/h3-5,8-11,15H,2,6-7,12-14H2,1H3/t15-/m0/s1. The average molecular weight is 325 g/mol. The van der Waals surface area contributed by atoms with Crippen molar-refractivity contribution in [1.29, 1.82) is 0 Å². The van der Waals surface area contributed by atoms with E-state index >= 15 is 0 Å². The van der Waals surface area contributed by atoms with E-state index in [0.717, 1.165) is 31.5 Å². The molecule has 0 bridgehead atoms. The maximum Gasteiger partial charge on any atom is 0.267 e. The van der Waals surface area contributed by atoms with E-state index in [4.69, 9.17) is 0 Å². The van der Waals surface area contributed by atoms with Crippen molar-refractivity contribution in [2.45, 2.75) is 32.7 Å². The molecule has 1 aliphatic heterocycles. The number of aromatic nitrogens is 2. The molecule has 2 heterocycles. The first-order valence-electron chi connectivity index (χ1n) is 8.58. The summed E-state index contributed by atoms with van der Waals surface area (Å²) in [6, 6.07) is 12.8. The molecule has 24 heavy (non-hydrogen) atoms. The Morgan fingerprint density at radius 2 is 2.00 bits per heavy atom. The van der Waals surface area contributed by atoms with Gasteiger partial charge in [-0.3, -0.25) is 9.59 Å². The highest BCUT2D eigenvalue weighted by Crippen LogP contribution is 2.19. The number of amides is 1. The Morgan fingerprint density at radius 1 is 1.21 bits per heavy atom. The second-order valence-corrected chi connectivity index (χ2v) is 6.34. The normalized spacial score (nSPS) is 17.7. The molecule has 1 saturated heterocycles. The molecule has 1 fully saturated rings. The molecule has 1 atom stereocenters. The molecule has 5 nitrogen and oxygen atoms in total. The van der Waals surface area contributed by atoms with Gasteiger partial charge in [-0.25, -0.2) is 4.68 Å². The Hall–Kier alpha value is -2.43. The van der Waals surface area contributed by atoms with E-state index < -0.39 is 0 Å². The topological polar surface area (TPSA) is 55.2 Å². The van der Waals surface area contributed by atoms with Gasteiger partial charge in [0, 0.05) is 24.7 Å². The van der Waals surface area contributed by atoms with Crippen molar-refractivity contribution >= 4 is 5.91 Å². The second-order valence-electron chi connectivity index (χ2n) is 6.34. The molecule has 5 heteroatoms. The van der Waals surface area contributed by atoms with Crippen LogP contribution in [0.15, 0.2) is 47.3 Å². The smallest absolute Gasteiger partial charge is 0.267 e. The first-order chi connectivity index (χ1) is 11.7. The Bertz CT molecular complexity index is 755. The Kier molecular flexibility index (Phi) is 5.08. The van der Waals surface area contributed by atoms with Crippen LogP contribution >= 0.6 is 0 Å². The van der Waals surface area contributed by atoms with Crippen LogP contribution in [-0.2, 0) is 11.3 Å². The van der Waals surface area contributed by atoms with E-state index in [-0.39, 0.29) is 18.0 Å². The molecule has 126 valence electrons. The van der Waals surface area contributed by atoms with E-state index in [0.29, 0.717) is 11.6 Å². The van der Waals surface area contributed by atoms with Crippen LogP contribution in [0, 0.1) is 5.92 Å². The zero-order valence-corrected chi connectivity index (χ0v) is 14.0. The molecule has 2 aromatic rings. The van der Waals surface area contributed by atoms with Gasteiger partial charge in [0.2, 0.25) is 5.91 Å². The SMILES string of the molecule is CC[C@H]1CCCN(C(=O)Cn2nc(-c3ccccc3)ccc2=O)C1. The fourth-order valence-corrected chi connectivity index (χ4v) is 3.18. The number of rotatable bonds is 4. The summed E-state index contributed by atoms with van der Waals surface area (Å²) in [7, 11) is 0. The molecule has 3 rings (SSSR count). The summed E-state index contributed by atoms with van der Waals surface area (Å²) in [4.78, 5) is 26.5. The fourth-order valence-electron chi connectivity index (χ4n) is 3.18. The molecule has 1 aliphatic rings. The molecule has 0 unspecified atom stereocenters. The van der Waals surface area contributed by atoms with Crippen molar-refractivity contribution in [3.05, 3.63) is 52.8 Å². The van der Waals surface area contributed by atoms with Gasteiger partial charge in [-0.1, -0.05) is 43.7 Å². The molecule has 1 aromatic carbocycles.